The molecule has 0 radical (unpaired) electrons. The number of hydrogen-bond acceptors (Lipinski definition) is 4. The molecule has 0 aromatic carbocycles. The summed E-state index contributed by atoms with van der Waals surface area (Å²) in [6.45, 7) is 1.94. The molecule has 2 aromatic heterocycles. The van der Waals surface area contributed by atoms with E-state index >= 15 is 0 Å². The highest BCUT2D eigenvalue weighted by molar-refractivity contribution is 6.09. The highest BCUT2D eigenvalue weighted by Crippen LogP contribution is 2.15. The molecule has 0 saturated heterocycles. The topological polar surface area (TPSA) is 56.0 Å². The second-order valence-corrected chi connectivity index (χ2v) is 3.07. The third kappa shape index (κ3) is 1.79. The summed E-state index contributed by atoms with van der Waals surface area (Å²) in [4.78, 5) is 19.6. The minimum Gasteiger partial charge on any atom is -0.469 e. The fourth-order valence-electron chi connectivity index (χ4n) is 1.39. The average molecular weight is 202 g/mol. The lowest BCUT2D eigenvalue weighted by Crippen LogP contribution is -2.03. The molecule has 0 aliphatic carbocycles. The van der Waals surface area contributed by atoms with Gasteiger partial charge in [-0.15, -0.1) is 0 Å². The fraction of sp³-hybridized carbons (Fsp3) is 0.182. The predicted octanol–water partition coefficient (Wildman–Crippen LogP) is 1.86. The third-order valence-corrected chi connectivity index (χ3v) is 2.13. The van der Waals surface area contributed by atoms with Crippen molar-refractivity contribution in [2.24, 2.45) is 0 Å². The molecule has 2 aromatic rings. The number of aryl methyl sites for hydroxylation is 1. The number of hydrogen-bond donors (Lipinski definition) is 0. The molecule has 0 unspecified atom stereocenters. The molecule has 0 saturated carbocycles. The smallest absolute Gasteiger partial charge is 0.199 e. The van der Waals surface area contributed by atoms with Crippen LogP contribution in [-0.2, 0) is 6.42 Å². The van der Waals surface area contributed by atoms with Crippen molar-refractivity contribution in [2.75, 3.05) is 0 Å². The number of carbonyl (C=O) groups is 1. The van der Waals surface area contributed by atoms with Crippen molar-refractivity contribution >= 4 is 5.78 Å². The first-order chi connectivity index (χ1) is 7.33. The lowest BCUT2D eigenvalue weighted by atomic mass is 10.1. The Bertz CT molecular complexity index is 462. The molecule has 4 heteroatoms. The van der Waals surface area contributed by atoms with Crippen LogP contribution < -0.4 is 0 Å². The molecule has 0 bridgehead atoms. The summed E-state index contributed by atoms with van der Waals surface area (Å²) in [5.41, 5.74) is 1.07. The Kier molecular flexibility index (Phi) is 2.58. The quantitative estimate of drug-likeness (QED) is 0.713. The molecule has 2 heterocycles. The summed E-state index contributed by atoms with van der Waals surface area (Å²) < 4.78 is 5.19. The molecular weight excluding hydrogens is 192 g/mol. The molecule has 0 amide bonds. The third-order valence-electron chi connectivity index (χ3n) is 2.13. The van der Waals surface area contributed by atoms with Crippen LogP contribution in [0, 0.1) is 0 Å². The molecule has 76 valence electrons. The summed E-state index contributed by atoms with van der Waals surface area (Å²) >= 11 is 0. The largest absolute Gasteiger partial charge is 0.469 e. The summed E-state index contributed by atoms with van der Waals surface area (Å²) in [7, 11) is 0. The van der Waals surface area contributed by atoms with Gasteiger partial charge in [0, 0.05) is 18.8 Å². The lowest BCUT2D eigenvalue weighted by Gasteiger charge is -1.98. The second-order valence-electron chi connectivity index (χ2n) is 3.07. The van der Waals surface area contributed by atoms with E-state index < -0.39 is 0 Å². The number of furan rings is 1. The zero-order valence-corrected chi connectivity index (χ0v) is 8.30. The van der Waals surface area contributed by atoms with Crippen LogP contribution in [0.3, 0.4) is 0 Å². The molecule has 4 nitrogen and oxygen atoms in total. The molecular formula is C11H10N2O2. The van der Waals surface area contributed by atoms with Gasteiger partial charge in [0.05, 0.1) is 17.4 Å². The second kappa shape index (κ2) is 4.04. The van der Waals surface area contributed by atoms with Crippen LogP contribution in [-0.4, -0.2) is 15.8 Å². The van der Waals surface area contributed by atoms with Gasteiger partial charge in [0.15, 0.2) is 5.78 Å². The average Bonchev–Trinajstić information content (AvgIpc) is 2.77. The molecule has 15 heavy (non-hydrogen) atoms. The normalized spacial score (nSPS) is 10.2. The Labute approximate surface area is 87.0 Å². The van der Waals surface area contributed by atoms with Crippen LogP contribution >= 0.6 is 0 Å². The Morgan fingerprint density at radius 2 is 2.13 bits per heavy atom. The van der Waals surface area contributed by atoms with Gasteiger partial charge in [-0.1, -0.05) is 6.92 Å². The first-order valence-electron chi connectivity index (χ1n) is 4.69. The van der Waals surface area contributed by atoms with Crippen LogP contribution in [0.5, 0.6) is 0 Å². The van der Waals surface area contributed by atoms with E-state index in [9.17, 15) is 4.79 Å². The Balaban J connectivity index is 2.37. The van der Waals surface area contributed by atoms with Crippen LogP contribution in [0.25, 0.3) is 0 Å². The van der Waals surface area contributed by atoms with E-state index in [-0.39, 0.29) is 5.78 Å². The predicted molar refractivity (Wildman–Crippen MR) is 53.6 cm³/mol. The van der Waals surface area contributed by atoms with Gasteiger partial charge < -0.3 is 4.42 Å². The van der Waals surface area contributed by atoms with E-state index in [4.69, 9.17) is 4.42 Å². The number of carbonyl (C=O) groups excluding carboxylic acids is 1. The summed E-state index contributed by atoms with van der Waals surface area (Å²) in [5.74, 6) is 0.602. The van der Waals surface area contributed by atoms with Gasteiger partial charge in [-0.05, 0) is 6.07 Å². The maximum atomic E-state index is 11.9. The number of nitrogens with zero attached hydrogens (tertiary/aromatic N) is 2. The zero-order valence-electron chi connectivity index (χ0n) is 8.30. The molecule has 0 spiro atoms. The number of ketones is 1. The Morgan fingerprint density at radius 1 is 1.40 bits per heavy atom. The minimum absolute atomic E-state index is 0.0961. The first-order valence-corrected chi connectivity index (χ1v) is 4.69. The fourth-order valence-corrected chi connectivity index (χ4v) is 1.39. The summed E-state index contributed by atoms with van der Waals surface area (Å²) in [6.07, 6.45) is 6.62. The van der Waals surface area contributed by atoms with Crippen molar-refractivity contribution in [1.82, 2.24) is 9.97 Å². The Morgan fingerprint density at radius 3 is 2.80 bits per heavy atom. The highest BCUT2D eigenvalue weighted by Gasteiger charge is 2.15. The molecule has 2 rings (SSSR count). The molecule has 0 aliphatic heterocycles. The maximum Gasteiger partial charge on any atom is 0.199 e. The molecule has 0 fully saturated rings. The molecule has 0 N–H and O–H groups in total. The van der Waals surface area contributed by atoms with Gasteiger partial charge in [0.25, 0.3) is 0 Å². The van der Waals surface area contributed by atoms with E-state index in [1.807, 2.05) is 6.92 Å². The SMILES string of the molecule is CCc1occc1C(=O)c1cncnc1. The van der Waals surface area contributed by atoms with E-state index in [2.05, 4.69) is 9.97 Å². The van der Waals surface area contributed by atoms with Gasteiger partial charge in [-0.2, -0.15) is 0 Å². The highest BCUT2D eigenvalue weighted by atomic mass is 16.3. The van der Waals surface area contributed by atoms with Gasteiger partial charge in [0.1, 0.15) is 12.1 Å². The van der Waals surface area contributed by atoms with Crippen molar-refractivity contribution in [3.05, 3.63) is 47.9 Å². The zero-order chi connectivity index (χ0) is 10.7. The van der Waals surface area contributed by atoms with Crippen molar-refractivity contribution in [2.45, 2.75) is 13.3 Å². The minimum atomic E-state index is -0.0961. The summed E-state index contributed by atoms with van der Waals surface area (Å²) in [5, 5.41) is 0. The Hall–Kier alpha value is -1.97. The van der Waals surface area contributed by atoms with Gasteiger partial charge >= 0.3 is 0 Å². The maximum absolute atomic E-state index is 11.9. The van der Waals surface area contributed by atoms with Gasteiger partial charge in [-0.3, -0.25) is 4.79 Å². The first kappa shape index (κ1) is 9.58. The number of aromatic nitrogens is 2. The van der Waals surface area contributed by atoms with E-state index in [1.54, 1.807) is 6.07 Å². The lowest BCUT2D eigenvalue weighted by molar-refractivity contribution is 0.103. The van der Waals surface area contributed by atoms with Crippen molar-refractivity contribution in [3.63, 3.8) is 0 Å². The van der Waals surface area contributed by atoms with Crippen LogP contribution in [0.15, 0.2) is 35.5 Å². The van der Waals surface area contributed by atoms with Gasteiger partial charge in [0.2, 0.25) is 0 Å². The van der Waals surface area contributed by atoms with E-state index in [1.165, 1.54) is 25.0 Å². The molecule has 0 atom stereocenters. The van der Waals surface area contributed by atoms with Crippen molar-refractivity contribution < 1.29 is 9.21 Å². The standard InChI is InChI=1S/C11H10N2O2/c1-2-10-9(3-4-15-10)11(14)8-5-12-7-13-6-8/h3-7H,2H2,1H3. The van der Waals surface area contributed by atoms with Crippen LogP contribution in [0.4, 0.5) is 0 Å². The van der Waals surface area contributed by atoms with E-state index in [0.29, 0.717) is 23.3 Å². The van der Waals surface area contributed by atoms with Crippen molar-refractivity contribution in [3.8, 4) is 0 Å². The number of rotatable bonds is 3. The van der Waals surface area contributed by atoms with Crippen LogP contribution in [0.1, 0.15) is 28.6 Å². The van der Waals surface area contributed by atoms with Crippen molar-refractivity contribution in [1.29, 1.82) is 0 Å². The van der Waals surface area contributed by atoms with E-state index in [0.717, 1.165) is 0 Å². The van der Waals surface area contributed by atoms with Crippen LogP contribution in [0.2, 0.25) is 0 Å². The van der Waals surface area contributed by atoms with Gasteiger partial charge in [-0.25, -0.2) is 9.97 Å². The monoisotopic (exact) mass is 202 g/mol. The molecule has 0 aliphatic rings. The summed E-state index contributed by atoms with van der Waals surface area (Å²) in [6, 6.07) is 1.67.